The fourth-order valence-electron chi connectivity index (χ4n) is 5.19. The molecule has 0 unspecified atom stereocenters. The Balaban J connectivity index is 1.61. The zero-order valence-corrected chi connectivity index (χ0v) is 23.1. The standard InChI is InChI=1S/C31H28F3N5O4/c1-3-10-21-14-8-16-25(42-19-20-12-6-5-7-13-20)26(21)29-36-37-30(43-29)27-24(39(40)41)18-23(31(32,33)34)28(35-27)38-17-9-15-22(38)11-4-2/h3-8,12-14,16,18,22H,1-2,9-11,15,17,19H2/t22-/m1/s1. The summed E-state index contributed by atoms with van der Waals surface area (Å²) in [6.07, 6.45) is 0.544. The third-order valence-electron chi connectivity index (χ3n) is 7.13. The highest BCUT2D eigenvalue weighted by Gasteiger charge is 2.42. The van der Waals surface area contributed by atoms with Crippen LogP contribution in [0.5, 0.6) is 5.75 Å². The Hall–Kier alpha value is -5.00. The van der Waals surface area contributed by atoms with Gasteiger partial charge in [0.05, 0.1) is 10.5 Å². The van der Waals surface area contributed by atoms with Crippen LogP contribution >= 0.6 is 0 Å². The molecule has 12 heteroatoms. The summed E-state index contributed by atoms with van der Waals surface area (Å²) in [7, 11) is 0. The number of allylic oxidation sites excluding steroid dienone is 1. The Morgan fingerprint density at radius 3 is 2.56 bits per heavy atom. The number of ether oxygens (including phenoxy) is 1. The van der Waals surface area contributed by atoms with E-state index in [2.05, 4.69) is 28.3 Å². The van der Waals surface area contributed by atoms with Crippen molar-refractivity contribution in [1.82, 2.24) is 15.2 Å². The van der Waals surface area contributed by atoms with E-state index >= 15 is 0 Å². The van der Waals surface area contributed by atoms with Crippen LogP contribution in [0.3, 0.4) is 0 Å². The Morgan fingerprint density at radius 2 is 1.86 bits per heavy atom. The first-order valence-corrected chi connectivity index (χ1v) is 13.6. The van der Waals surface area contributed by atoms with Crippen LogP contribution in [0.25, 0.3) is 23.0 Å². The fraction of sp³-hybridized carbons (Fsp3) is 0.258. The van der Waals surface area contributed by atoms with Gasteiger partial charge in [-0.25, -0.2) is 4.98 Å². The Labute approximate surface area is 245 Å². The van der Waals surface area contributed by atoms with Gasteiger partial charge in [-0.2, -0.15) is 13.2 Å². The first-order chi connectivity index (χ1) is 20.7. The summed E-state index contributed by atoms with van der Waals surface area (Å²) >= 11 is 0. The number of aromatic nitrogens is 3. The summed E-state index contributed by atoms with van der Waals surface area (Å²) in [5.74, 6) is -0.424. The van der Waals surface area contributed by atoms with Crippen molar-refractivity contribution in [3.63, 3.8) is 0 Å². The molecule has 0 N–H and O–H groups in total. The van der Waals surface area contributed by atoms with Gasteiger partial charge in [0, 0.05) is 18.7 Å². The molecule has 0 bridgehead atoms. The van der Waals surface area contributed by atoms with Crippen molar-refractivity contribution in [2.75, 3.05) is 11.4 Å². The maximum absolute atomic E-state index is 14.2. The average Bonchev–Trinajstić information content (AvgIpc) is 3.66. The molecule has 1 atom stereocenters. The van der Waals surface area contributed by atoms with Gasteiger partial charge in [0.1, 0.15) is 23.7 Å². The molecule has 1 fully saturated rings. The van der Waals surface area contributed by atoms with Crippen molar-refractivity contribution in [2.24, 2.45) is 0 Å². The van der Waals surface area contributed by atoms with E-state index in [1.165, 1.54) is 4.90 Å². The van der Waals surface area contributed by atoms with Crippen molar-refractivity contribution >= 4 is 11.5 Å². The van der Waals surface area contributed by atoms with E-state index in [4.69, 9.17) is 9.15 Å². The molecule has 222 valence electrons. The van der Waals surface area contributed by atoms with Crippen molar-refractivity contribution in [3.8, 4) is 28.8 Å². The van der Waals surface area contributed by atoms with Crippen LogP contribution in [0.15, 0.2) is 84.3 Å². The van der Waals surface area contributed by atoms with E-state index in [0.717, 1.165) is 11.1 Å². The summed E-state index contributed by atoms with van der Waals surface area (Å²) in [5, 5.41) is 20.1. The lowest BCUT2D eigenvalue weighted by Crippen LogP contribution is -2.32. The van der Waals surface area contributed by atoms with Crippen molar-refractivity contribution in [1.29, 1.82) is 0 Å². The molecule has 2 aromatic heterocycles. The van der Waals surface area contributed by atoms with Gasteiger partial charge in [-0.1, -0.05) is 54.6 Å². The number of anilines is 1. The van der Waals surface area contributed by atoms with Crippen LogP contribution in [0.1, 0.15) is 36.0 Å². The summed E-state index contributed by atoms with van der Waals surface area (Å²) in [4.78, 5) is 16.8. The first-order valence-electron chi connectivity index (χ1n) is 13.6. The molecule has 0 spiro atoms. The number of benzene rings is 2. The Kier molecular flexibility index (Phi) is 8.56. The minimum atomic E-state index is -4.89. The molecule has 9 nitrogen and oxygen atoms in total. The Bertz CT molecular complexity index is 1640. The maximum atomic E-state index is 14.2. The number of pyridine rings is 1. The largest absolute Gasteiger partial charge is 0.488 e. The van der Waals surface area contributed by atoms with Crippen molar-refractivity contribution < 1.29 is 27.2 Å². The minimum Gasteiger partial charge on any atom is -0.488 e. The maximum Gasteiger partial charge on any atom is 0.420 e. The van der Waals surface area contributed by atoms with Crippen LogP contribution in [-0.2, 0) is 19.2 Å². The summed E-state index contributed by atoms with van der Waals surface area (Å²) in [6.45, 7) is 8.05. The predicted octanol–water partition coefficient (Wildman–Crippen LogP) is 7.58. The first kappa shape index (κ1) is 29.5. The van der Waals surface area contributed by atoms with Gasteiger partial charge in [-0.15, -0.1) is 23.4 Å². The molecular formula is C31H28F3N5O4. The molecular weight excluding hydrogens is 563 g/mol. The molecule has 0 aliphatic carbocycles. The van der Waals surface area contributed by atoms with Gasteiger partial charge >= 0.3 is 11.9 Å². The summed E-state index contributed by atoms with van der Waals surface area (Å²) in [6, 6.07) is 15.0. The SMILES string of the molecule is C=CCc1cccc(OCc2ccccc2)c1-c1nnc(-c2nc(N3CCC[C@H]3CC=C)c(C(F)(F)F)cc2[N+](=O)[O-])o1. The van der Waals surface area contributed by atoms with E-state index in [9.17, 15) is 23.3 Å². The molecule has 1 saturated heterocycles. The highest BCUT2D eigenvalue weighted by atomic mass is 19.4. The highest BCUT2D eigenvalue weighted by molar-refractivity contribution is 5.72. The molecule has 0 amide bonds. The lowest BCUT2D eigenvalue weighted by atomic mass is 10.0. The van der Waals surface area contributed by atoms with Crippen LogP contribution in [0.4, 0.5) is 24.7 Å². The van der Waals surface area contributed by atoms with Gasteiger partial charge < -0.3 is 14.1 Å². The van der Waals surface area contributed by atoms with Crippen LogP contribution in [0.2, 0.25) is 0 Å². The quantitative estimate of drug-likeness (QED) is 0.0998. The zero-order chi connectivity index (χ0) is 30.6. The van der Waals surface area contributed by atoms with Gasteiger partial charge in [-0.3, -0.25) is 10.1 Å². The number of rotatable bonds is 11. The number of halogens is 3. The second-order valence-corrected chi connectivity index (χ2v) is 9.97. The van der Waals surface area contributed by atoms with Gasteiger partial charge in [-0.05, 0) is 42.9 Å². The van der Waals surface area contributed by atoms with E-state index in [1.807, 2.05) is 36.4 Å². The number of nitro groups is 1. The molecule has 1 aliphatic rings. The summed E-state index contributed by atoms with van der Waals surface area (Å²) in [5.41, 5.74) is -0.461. The molecule has 4 aromatic rings. The van der Waals surface area contributed by atoms with Gasteiger partial charge in [0.25, 0.3) is 11.8 Å². The lowest BCUT2D eigenvalue weighted by molar-refractivity contribution is -0.384. The van der Waals surface area contributed by atoms with E-state index in [1.54, 1.807) is 24.3 Å². The van der Waals surface area contributed by atoms with Crippen LogP contribution in [-0.4, -0.2) is 32.7 Å². The molecule has 0 radical (unpaired) electrons. The monoisotopic (exact) mass is 591 g/mol. The highest BCUT2D eigenvalue weighted by Crippen LogP contribution is 2.44. The van der Waals surface area contributed by atoms with Gasteiger partial charge in [0.2, 0.25) is 5.69 Å². The van der Waals surface area contributed by atoms with Crippen molar-refractivity contribution in [2.45, 2.75) is 44.5 Å². The van der Waals surface area contributed by atoms with Crippen molar-refractivity contribution in [3.05, 3.63) is 107 Å². The van der Waals surface area contributed by atoms with E-state index in [-0.39, 0.29) is 18.5 Å². The lowest BCUT2D eigenvalue weighted by Gasteiger charge is -2.27. The van der Waals surface area contributed by atoms with Gasteiger partial charge in [0.15, 0.2) is 0 Å². The Morgan fingerprint density at radius 1 is 1.09 bits per heavy atom. The number of nitrogens with zero attached hydrogens (tertiary/aromatic N) is 5. The number of hydrogen-bond donors (Lipinski definition) is 0. The molecule has 5 rings (SSSR count). The normalized spacial score (nSPS) is 15.0. The number of hydrogen-bond acceptors (Lipinski definition) is 8. The van der Waals surface area contributed by atoms with E-state index in [0.29, 0.717) is 49.6 Å². The zero-order valence-electron chi connectivity index (χ0n) is 23.1. The molecule has 2 aromatic carbocycles. The molecule has 43 heavy (non-hydrogen) atoms. The topological polar surface area (TPSA) is 107 Å². The minimum absolute atomic E-state index is 0.0289. The summed E-state index contributed by atoms with van der Waals surface area (Å²) < 4.78 is 54.6. The third kappa shape index (κ3) is 6.27. The second-order valence-electron chi connectivity index (χ2n) is 9.97. The second kappa shape index (κ2) is 12.5. The smallest absolute Gasteiger partial charge is 0.420 e. The third-order valence-corrected chi connectivity index (χ3v) is 7.13. The molecule has 0 saturated carbocycles. The van der Waals surface area contributed by atoms with Crippen LogP contribution < -0.4 is 9.64 Å². The predicted molar refractivity (Wildman–Crippen MR) is 154 cm³/mol. The number of alkyl halides is 3. The molecule has 1 aliphatic heterocycles. The average molecular weight is 592 g/mol. The van der Waals surface area contributed by atoms with E-state index < -0.39 is 39.8 Å². The van der Waals surface area contributed by atoms with Crippen LogP contribution in [0, 0.1) is 10.1 Å². The molecule has 3 heterocycles. The fourth-order valence-corrected chi connectivity index (χ4v) is 5.19.